The maximum absolute atomic E-state index is 12.8. The number of aromatic nitrogens is 2. The molecule has 0 bridgehead atoms. The molecule has 3 aromatic rings. The zero-order chi connectivity index (χ0) is 23.2. The van der Waals surface area contributed by atoms with Gasteiger partial charge < -0.3 is 14.2 Å². The molecule has 0 unspecified atom stereocenters. The molecule has 2 aromatic carbocycles. The van der Waals surface area contributed by atoms with Crippen LogP contribution in [0, 0.1) is 0 Å². The third kappa shape index (κ3) is 5.49. The molecule has 4 rings (SSSR count). The van der Waals surface area contributed by atoms with Crippen LogP contribution in [0.15, 0.2) is 59.0 Å². The summed E-state index contributed by atoms with van der Waals surface area (Å²) in [6.45, 7) is 3.53. The molecule has 0 radical (unpaired) electrons. The predicted molar refractivity (Wildman–Crippen MR) is 128 cm³/mol. The summed E-state index contributed by atoms with van der Waals surface area (Å²) < 4.78 is 5.75. The Kier molecular flexibility index (Phi) is 7.19. The third-order valence-corrected chi connectivity index (χ3v) is 5.73. The lowest BCUT2D eigenvalue weighted by Gasteiger charge is -2.18. The van der Waals surface area contributed by atoms with Crippen molar-refractivity contribution in [3.8, 4) is 11.5 Å². The van der Waals surface area contributed by atoms with E-state index in [1.54, 1.807) is 21.9 Å². The molecule has 1 aromatic heterocycles. The number of benzene rings is 2. The molecule has 2 heterocycles. The van der Waals surface area contributed by atoms with Crippen LogP contribution in [-0.2, 0) is 16.1 Å². The molecule has 170 valence electrons. The number of carbonyl (C=O) groups excluding carboxylic acids is 2. The summed E-state index contributed by atoms with van der Waals surface area (Å²) in [4.78, 5) is 28.2. The summed E-state index contributed by atoms with van der Waals surface area (Å²) in [6.07, 6.45) is 5.59. The van der Waals surface area contributed by atoms with Crippen molar-refractivity contribution in [1.29, 1.82) is 0 Å². The van der Waals surface area contributed by atoms with E-state index in [1.807, 2.05) is 49.4 Å². The van der Waals surface area contributed by atoms with Gasteiger partial charge in [-0.25, -0.2) is 0 Å². The molecule has 0 saturated carbocycles. The molecule has 7 nitrogen and oxygen atoms in total. The van der Waals surface area contributed by atoms with Gasteiger partial charge in [-0.1, -0.05) is 42.8 Å². The van der Waals surface area contributed by atoms with E-state index in [0.717, 1.165) is 30.6 Å². The molecule has 2 amide bonds. The van der Waals surface area contributed by atoms with Gasteiger partial charge in [0, 0.05) is 31.3 Å². The average molecular weight is 465 g/mol. The second-order valence-electron chi connectivity index (χ2n) is 7.81. The van der Waals surface area contributed by atoms with Crippen LogP contribution in [0.4, 0.5) is 5.69 Å². The van der Waals surface area contributed by atoms with Gasteiger partial charge in [0.25, 0.3) is 0 Å². The lowest BCUT2D eigenvalue weighted by Crippen LogP contribution is -2.29. The summed E-state index contributed by atoms with van der Waals surface area (Å²) in [5.41, 5.74) is 2.43. The van der Waals surface area contributed by atoms with Crippen molar-refractivity contribution in [2.24, 2.45) is 0 Å². The normalized spacial score (nSPS) is 13.8. The Morgan fingerprint density at radius 2 is 1.97 bits per heavy atom. The lowest BCUT2D eigenvalue weighted by molar-refractivity contribution is -0.126. The Labute approximate surface area is 197 Å². The molecule has 0 N–H and O–H groups in total. The Bertz CT molecular complexity index is 1160. The highest BCUT2D eigenvalue weighted by Gasteiger charge is 2.21. The number of hydrogen-bond donors (Lipinski definition) is 0. The smallest absolute Gasteiger partial charge is 0.249 e. The highest BCUT2D eigenvalue weighted by Crippen LogP contribution is 2.26. The van der Waals surface area contributed by atoms with Crippen LogP contribution >= 0.6 is 11.6 Å². The molecule has 33 heavy (non-hydrogen) atoms. The van der Waals surface area contributed by atoms with Crippen LogP contribution < -0.4 is 4.90 Å². The second-order valence-corrected chi connectivity index (χ2v) is 8.22. The molecule has 0 atom stereocenters. The number of rotatable bonds is 8. The van der Waals surface area contributed by atoms with Crippen molar-refractivity contribution in [3.63, 3.8) is 0 Å². The van der Waals surface area contributed by atoms with Gasteiger partial charge in [-0.05, 0) is 48.7 Å². The SMILES string of the molecule is CCCN(Cc1nnc(-c2ccccc2Cl)o1)C(=O)/C=C/c1ccc(N2CCCC2=O)cc1. The van der Waals surface area contributed by atoms with Gasteiger partial charge in [0.1, 0.15) is 0 Å². The van der Waals surface area contributed by atoms with Crippen molar-refractivity contribution in [1.82, 2.24) is 15.1 Å². The van der Waals surface area contributed by atoms with Gasteiger partial charge >= 0.3 is 0 Å². The van der Waals surface area contributed by atoms with Crippen molar-refractivity contribution in [2.75, 3.05) is 18.0 Å². The number of anilines is 1. The number of nitrogens with zero attached hydrogens (tertiary/aromatic N) is 4. The monoisotopic (exact) mass is 464 g/mol. The van der Waals surface area contributed by atoms with Gasteiger partial charge in [0.15, 0.2) is 0 Å². The van der Waals surface area contributed by atoms with Crippen LogP contribution in [-0.4, -0.2) is 40.0 Å². The van der Waals surface area contributed by atoms with Gasteiger partial charge in [-0.3, -0.25) is 9.59 Å². The minimum atomic E-state index is -0.145. The zero-order valence-corrected chi connectivity index (χ0v) is 19.2. The minimum absolute atomic E-state index is 0.145. The van der Waals surface area contributed by atoms with Crippen molar-refractivity contribution >= 4 is 35.2 Å². The van der Waals surface area contributed by atoms with Crippen LogP contribution in [0.2, 0.25) is 5.02 Å². The molecule has 1 saturated heterocycles. The summed E-state index contributed by atoms with van der Waals surface area (Å²) in [6, 6.07) is 14.9. The zero-order valence-electron chi connectivity index (χ0n) is 18.4. The molecular formula is C25H25ClN4O3. The maximum atomic E-state index is 12.8. The van der Waals surface area contributed by atoms with E-state index in [1.165, 1.54) is 6.08 Å². The maximum Gasteiger partial charge on any atom is 0.249 e. The van der Waals surface area contributed by atoms with E-state index >= 15 is 0 Å². The van der Waals surface area contributed by atoms with E-state index in [4.69, 9.17) is 16.0 Å². The van der Waals surface area contributed by atoms with Gasteiger partial charge in [-0.15, -0.1) is 10.2 Å². The molecular weight excluding hydrogens is 440 g/mol. The van der Waals surface area contributed by atoms with Gasteiger partial charge in [0.2, 0.25) is 23.6 Å². The highest BCUT2D eigenvalue weighted by atomic mass is 35.5. The molecule has 1 aliphatic rings. The molecule has 8 heteroatoms. The third-order valence-electron chi connectivity index (χ3n) is 5.40. The fraction of sp³-hybridized carbons (Fsp3) is 0.280. The molecule has 1 fully saturated rings. The summed E-state index contributed by atoms with van der Waals surface area (Å²) in [7, 11) is 0. The van der Waals surface area contributed by atoms with Crippen molar-refractivity contribution < 1.29 is 14.0 Å². The Morgan fingerprint density at radius 1 is 1.18 bits per heavy atom. The number of hydrogen-bond acceptors (Lipinski definition) is 5. The first-order valence-electron chi connectivity index (χ1n) is 11.0. The quantitative estimate of drug-likeness (QED) is 0.440. The van der Waals surface area contributed by atoms with E-state index in [2.05, 4.69) is 10.2 Å². The van der Waals surface area contributed by atoms with Crippen molar-refractivity contribution in [3.05, 3.63) is 71.1 Å². The Morgan fingerprint density at radius 3 is 2.67 bits per heavy atom. The largest absolute Gasteiger partial charge is 0.419 e. The first kappa shape index (κ1) is 22.7. The topological polar surface area (TPSA) is 79.5 Å². The van der Waals surface area contributed by atoms with Crippen LogP contribution in [0.3, 0.4) is 0 Å². The van der Waals surface area contributed by atoms with Crippen LogP contribution in [0.1, 0.15) is 37.6 Å². The van der Waals surface area contributed by atoms with E-state index in [0.29, 0.717) is 35.3 Å². The fourth-order valence-corrected chi connectivity index (χ4v) is 3.94. The van der Waals surface area contributed by atoms with Gasteiger partial charge in [-0.2, -0.15) is 0 Å². The second kappa shape index (κ2) is 10.4. The number of halogens is 1. The molecule has 0 spiro atoms. The summed E-state index contributed by atoms with van der Waals surface area (Å²) >= 11 is 6.21. The Hall–Kier alpha value is -3.45. The predicted octanol–water partition coefficient (Wildman–Crippen LogP) is 4.97. The fourth-order valence-electron chi connectivity index (χ4n) is 3.72. The average Bonchev–Trinajstić information content (AvgIpc) is 3.47. The first-order chi connectivity index (χ1) is 16.0. The van der Waals surface area contributed by atoms with Gasteiger partial charge in [0.05, 0.1) is 17.1 Å². The number of carbonyl (C=O) groups is 2. The molecule has 0 aliphatic carbocycles. The van der Waals surface area contributed by atoms with Crippen LogP contribution in [0.25, 0.3) is 17.5 Å². The Balaban J connectivity index is 1.42. The molecule has 1 aliphatic heterocycles. The summed E-state index contributed by atoms with van der Waals surface area (Å²) in [5.74, 6) is 0.682. The summed E-state index contributed by atoms with van der Waals surface area (Å²) in [5, 5.41) is 8.68. The number of amides is 2. The standard InChI is InChI=1S/C25H25ClN4O3/c1-2-15-29(17-22-27-28-25(33-22)20-6-3-4-7-21(20)26)23(31)14-11-18-9-12-19(13-10-18)30-16-5-8-24(30)32/h3-4,6-7,9-14H,2,5,8,15-17H2,1H3/b14-11+. The van der Waals surface area contributed by atoms with E-state index < -0.39 is 0 Å². The first-order valence-corrected chi connectivity index (χ1v) is 11.4. The van der Waals surface area contributed by atoms with Crippen LogP contribution in [0.5, 0.6) is 0 Å². The highest BCUT2D eigenvalue weighted by molar-refractivity contribution is 6.33. The van der Waals surface area contributed by atoms with E-state index in [-0.39, 0.29) is 18.4 Å². The minimum Gasteiger partial charge on any atom is -0.419 e. The van der Waals surface area contributed by atoms with Crippen molar-refractivity contribution in [2.45, 2.75) is 32.7 Å². The van der Waals surface area contributed by atoms with E-state index in [9.17, 15) is 9.59 Å². The lowest BCUT2D eigenvalue weighted by atomic mass is 10.2.